The van der Waals surface area contributed by atoms with Crippen LogP contribution in [0.1, 0.15) is 25.0 Å². The van der Waals surface area contributed by atoms with Crippen LogP contribution in [0.4, 0.5) is 5.69 Å². The second kappa shape index (κ2) is 8.22. The lowest BCUT2D eigenvalue weighted by atomic mass is 9.91. The molecule has 5 aromatic rings. The van der Waals surface area contributed by atoms with Gasteiger partial charge in [0.15, 0.2) is 6.20 Å². The lowest BCUT2D eigenvalue weighted by molar-refractivity contribution is -0.660. The Balaban J connectivity index is 1.94. The molecule has 0 aliphatic rings. The summed E-state index contributed by atoms with van der Waals surface area (Å²) in [6, 6.07) is 22.9. The maximum Gasteiger partial charge on any atom is 0.237 e. The maximum absolute atomic E-state index is 8.06. The molecule has 0 spiro atoms. The Labute approximate surface area is 194 Å². The van der Waals surface area contributed by atoms with Crippen LogP contribution in [0.15, 0.2) is 77.3 Å². The molecule has 0 amide bonds. The third-order valence-electron chi connectivity index (χ3n) is 6.31. The maximum atomic E-state index is 8.06. The van der Waals surface area contributed by atoms with Crippen LogP contribution in [0.5, 0.6) is 0 Å². The van der Waals surface area contributed by atoms with Crippen LogP contribution in [0, 0.1) is 19.4 Å². The fourth-order valence-electron chi connectivity index (χ4n) is 4.83. The Morgan fingerprint density at radius 3 is 2.42 bits per heavy atom. The van der Waals surface area contributed by atoms with Gasteiger partial charge in [0.2, 0.25) is 11.4 Å². The minimum absolute atomic E-state index is 0.484. The zero-order valence-electron chi connectivity index (χ0n) is 19.5. The van der Waals surface area contributed by atoms with Gasteiger partial charge in [-0.1, -0.05) is 62.4 Å². The van der Waals surface area contributed by atoms with E-state index >= 15 is 0 Å². The largest absolute Gasteiger partial charge is 0.466 e. The fourth-order valence-corrected chi connectivity index (χ4v) is 4.83. The molecule has 3 aromatic carbocycles. The zero-order chi connectivity index (χ0) is 23.1. The van der Waals surface area contributed by atoms with Crippen molar-refractivity contribution in [2.24, 2.45) is 13.0 Å². The van der Waals surface area contributed by atoms with E-state index in [1.807, 2.05) is 24.3 Å². The average molecular weight is 432 g/mol. The molecule has 0 unspecified atom stereocenters. The first-order chi connectivity index (χ1) is 16.0. The molecule has 0 aliphatic carbocycles. The number of fused-ring (bicyclic) bond motifs is 3. The van der Waals surface area contributed by atoms with Gasteiger partial charge in [0.1, 0.15) is 18.2 Å². The first-order valence-electron chi connectivity index (χ1n) is 11.4. The second-order valence-corrected chi connectivity index (χ2v) is 9.14. The van der Waals surface area contributed by atoms with Gasteiger partial charge in [-0.2, -0.15) is 0 Å². The standard InChI is InChI=1S/C30H27N2O/c1-19(2)17-22-18-24(21-11-7-6-8-12-21)28(31-4)30-27(22)23-15-14-20(3)26(29(23)33-30)25-13-9-10-16-32(25)5/h6-16,18-19H,17H2,1-3,5H3/q+1. The topological polar surface area (TPSA) is 21.4 Å². The number of aromatic nitrogens is 1. The predicted octanol–water partition coefficient (Wildman–Crippen LogP) is 7.80. The van der Waals surface area contributed by atoms with Gasteiger partial charge in [-0.25, -0.2) is 9.41 Å². The van der Waals surface area contributed by atoms with Crippen LogP contribution in [0.2, 0.25) is 0 Å². The molecule has 2 heterocycles. The fraction of sp³-hybridized carbons (Fsp3) is 0.200. The van der Waals surface area contributed by atoms with Crippen molar-refractivity contribution in [3.63, 3.8) is 0 Å². The van der Waals surface area contributed by atoms with Crippen molar-refractivity contribution in [3.05, 3.63) is 95.5 Å². The van der Waals surface area contributed by atoms with Gasteiger partial charge < -0.3 is 4.42 Å². The Hall–Kier alpha value is -3.90. The Morgan fingerprint density at radius 1 is 0.970 bits per heavy atom. The van der Waals surface area contributed by atoms with Gasteiger partial charge >= 0.3 is 0 Å². The molecular weight excluding hydrogens is 404 g/mol. The molecular formula is C30H27N2O+. The van der Waals surface area contributed by atoms with Crippen molar-refractivity contribution < 1.29 is 8.98 Å². The molecule has 3 heteroatoms. The van der Waals surface area contributed by atoms with Gasteiger partial charge in [-0.3, -0.25) is 0 Å². The monoisotopic (exact) mass is 431 g/mol. The number of hydrogen-bond donors (Lipinski definition) is 0. The molecule has 5 rings (SSSR count). The second-order valence-electron chi connectivity index (χ2n) is 9.14. The summed E-state index contributed by atoms with van der Waals surface area (Å²) in [6.45, 7) is 14.6. The summed E-state index contributed by atoms with van der Waals surface area (Å²) in [4.78, 5) is 3.98. The predicted molar refractivity (Wildman–Crippen MR) is 135 cm³/mol. The highest BCUT2D eigenvalue weighted by Gasteiger charge is 2.25. The average Bonchev–Trinajstić information content (AvgIpc) is 3.19. The molecule has 0 saturated heterocycles. The van der Waals surface area contributed by atoms with E-state index < -0.39 is 0 Å². The lowest BCUT2D eigenvalue weighted by Gasteiger charge is -2.12. The van der Waals surface area contributed by atoms with E-state index in [0.717, 1.165) is 50.7 Å². The summed E-state index contributed by atoms with van der Waals surface area (Å²) in [5.74, 6) is 0.484. The number of pyridine rings is 1. The van der Waals surface area contributed by atoms with Crippen molar-refractivity contribution in [2.45, 2.75) is 27.2 Å². The van der Waals surface area contributed by atoms with E-state index in [9.17, 15) is 0 Å². The van der Waals surface area contributed by atoms with E-state index in [-0.39, 0.29) is 0 Å². The van der Waals surface area contributed by atoms with Crippen LogP contribution < -0.4 is 4.57 Å². The van der Waals surface area contributed by atoms with E-state index in [4.69, 9.17) is 11.0 Å². The molecule has 0 radical (unpaired) electrons. The highest BCUT2D eigenvalue weighted by molar-refractivity contribution is 6.16. The smallest absolute Gasteiger partial charge is 0.237 e. The molecule has 0 saturated carbocycles. The van der Waals surface area contributed by atoms with Crippen LogP contribution in [-0.2, 0) is 13.5 Å². The lowest BCUT2D eigenvalue weighted by Crippen LogP contribution is -2.30. The van der Waals surface area contributed by atoms with E-state index in [1.54, 1.807) is 0 Å². The molecule has 33 heavy (non-hydrogen) atoms. The van der Waals surface area contributed by atoms with Gasteiger partial charge in [0.05, 0.1) is 12.1 Å². The van der Waals surface area contributed by atoms with Gasteiger partial charge in [-0.15, -0.1) is 0 Å². The summed E-state index contributed by atoms with van der Waals surface area (Å²) in [6.07, 6.45) is 2.98. The summed E-state index contributed by atoms with van der Waals surface area (Å²) < 4.78 is 8.77. The SMILES string of the molecule is [C-]#[N+]c1c(-c2ccccc2)cc(CC(C)C)c2c1oc1c(-c3cccc[n+]3C)c(C)ccc12. The molecule has 162 valence electrons. The zero-order valence-corrected chi connectivity index (χ0v) is 19.5. The van der Waals surface area contributed by atoms with Crippen molar-refractivity contribution >= 4 is 27.6 Å². The Bertz CT molecular complexity index is 1540. The van der Waals surface area contributed by atoms with Crippen LogP contribution >= 0.6 is 0 Å². The highest BCUT2D eigenvalue weighted by atomic mass is 16.3. The number of nitrogens with zero attached hydrogens (tertiary/aromatic N) is 2. The number of rotatable bonds is 4. The molecule has 3 nitrogen and oxygen atoms in total. The molecule has 0 fully saturated rings. The molecule has 0 aliphatic heterocycles. The number of furan rings is 1. The van der Waals surface area contributed by atoms with Gasteiger partial charge in [0, 0.05) is 22.9 Å². The highest BCUT2D eigenvalue weighted by Crippen LogP contribution is 2.46. The minimum atomic E-state index is 0.484. The summed E-state index contributed by atoms with van der Waals surface area (Å²) in [5, 5.41) is 2.15. The van der Waals surface area contributed by atoms with Crippen LogP contribution in [-0.4, -0.2) is 0 Å². The molecule has 0 atom stereocenters. The van der Waals surface area contributed by atoms with Crippen molar-refractivity contribution in [2.75, 3.05) is 0 Å². The van der Waals surface area contributed by atoms with Crippen molar-refractivity contribution in [1.82, 2.24) is 0 Å². The van der Waals surface area contributed by atoms with E-state index in [2.05, 4.69) is 85.9 Å². The van der Waals surface area contributed by atoms with Crippen LogP contribution in [0.3, 0.4) is 0 Å². The third kappa shape index (κ3) is 3.49. The number of aryl methyl sites for hydroxylation is 2. The Morgan fingerprint density at radius 2 is 1.73 bits per heavy atom. The summed E-state index contributed by atoms with van der Waals surface area (Å²) in [7, 11) is 2.05. The number of benzene rings is 3. The van der Waals surface area contributed by atoms with Crippen molar-refractivity contribution in [3.8, 4) is 22.4 Å². The third-order valence-corrected chi connectivity index (χ3v) is 6.31. The minimum Gasteiger partial charge on any atom is -0.466 e. The number of hydrogen-bond acceptors (Lipinski definition) is 1. The quantitative estimate of drug-likeness (QED) is 0.210. The van der Waals surface area contributed by atoms with E-state index in [1.165, 1.54) is 5.56 Å². The first-order valence-corrected chi connectivity index (χ1v) is 11.4. The first kappa shape index (κ1) is 21.0. The Kier molecular flexibility index (Phi) is 5.23. The molecule has 0 bridgehead atoms. The van der Waals surface area contributed by atoms with Gasteiger partial charge in [-0.05, 0) is 47.6 Å². The van der Waals surface area contributed by atoms with Gasteiger partial charge in [0.25, 0.3) is 0 Å². The van der Waals surface area contributed by atoms with Crippen LogP contribution in [0.25, 0.3) is 49.2 Å². The summed E-state index contributed by atoms with van der Waals surface area (Å²) in [5.41, 5.74) is 8.68. The molecule has 2 aromatic heterocycles. The van der Waals surface area contributed by atoms with E-state index in [0.29, 0.717) is 17.2 Å². The van der Waals surface area contributed by atoms with Crippen molar-refractivity contribution in [1.29, 1.82) is 0 Å². The summed E-state index contributed by atoms with van der Waals surface area (Å²) >= 11 is 0. The normalized spacial score (nSPS) is 11.4. The molecule has 0 N–H and O–H groups in total.